The van der Waals surface area contributed by atoms with Crippen molar-refractivity contribution in [3.05, 3.63) is 16.8 Å². The Balaban J connectivity index is 3.38. The predicted molar refractivity (Wildman–Crippen MR) is 77.2 cm³/mol. The number of rotatable bonds is 6. The summed E-state index contributed by atoms with van der Waals surface area (Å²) in [6.45, 7) is 6.39. The summed E-state index contributed by atoms with van der Waals surface area (Å²) in [4.78, 5) is 1.22. The highest BCUT2D eigenvalue weighted by Crippen LogP contribution is 2.28. The number of hydrogen-bond acceptors (Lipinski definition) is 4. The van der Waals surface area contributed by atoms with Crippen LogP contribution in [0.2, 0.25) is 0 Å². The molecule has 0 saturated heterocycles. The first-order valence-electron chi connectivity index (χ1n) is 7.15. The Kier molecular flexibility index (Phi) is 5.95. The SMILES string of the molecule is CCc1nnc(N(CC(F)(F)F)C(C)C)c(CN)c1CC. The first-order chi connectivity index (χ1) is 9.75. The van der Waals surface area contributed by atoms with Gasteiger partial charge in [-0.1, -0.05) is 13.8 Å². The van der Waals surface area contributed by atoms with Gasteiger partial charge >= 0.3 is 6.18 Å². The molecule has 1 rings (SSSR count). The quantitative estimate of drug-likeness (QED) is 0.878. The second kappa shape index (κ2) is 7.06. The standard InChI is InChI=1S/C14H23F3N4/c1-5-10-11(7-18)13(20-19-12(10)6-2)21(9(3)4)8-14(15,16)17/h9H,5-8,18H2,1-4H3. The number of nitrogens with two attached hydrogens (primary N) is 1. The van der Waals surface area contributed by atoms with Crippen molar-refractivity contribution in [2.75, 3.05) is 11.4 Å². The van der Waals surface area contributed by atoms with Crippen LogP contribution in [0.3, 0.4) is 0 Å². The third-order valence-corrected chi connectivity index (χ3v) is 3.39. The van der Waals surface area contributed by atoms with Gasteiger partial charge in [0.2, 0.25) is 0 Å². The lowest BCUT2D eigenvalue weighted by molar-refractivity contribution is -0.120. The molecule has 1 aromatic rings. The molecule has 0 atom stereocenters. The van der Waals surface area contributed by atoms with Crippen LogP contribution in [0.5, 0.6) is 0 Å². The summed E-state index contributed by atoms with van der Waals surface area (Å²) >= 11 is 0. The van der Waals surface area contributed by atoms with E-state index in [1.807, 2.05) is 13.8 Å². The van der Waals surface area contributed by atoms with Crippen molar-refractivity contribution in [1.82, 2.24) is 10.2 Å². The molecule has 0 amide bonds. The highest BCUT2D eigenvalue weighted by molar-refractivity contribution is 5.52. The minimum atomic E-state index is -4.30. The second-order valence-electron chi connectivity index (χ2n) is 5.18. The van der Waals surface area contributed by atoms with Crippen LogP contribution in [-0.2, 0) is 19.4 Å². The van der Waals surface area contributed by atoms with Crippen LogP contribution in [0.15, 0.2) is 0 Å². The molecule has 1 aromatic heterocycles. The van der Waals surface area contributed by atoms with Gasteiger partial charge in [-0.3, -0.25) is 0 Å². The molecule has 7 heteroatoms. The van der Waals surface area contributed by atoms with E-state index >= 15 is 0 Å². The highest BCUT2D eigenvalue weighted by atomic mass is 19.4. The first kappa shape index (κ1) is 17.7. The fourth-order valence-electron chi connectivity index (χ4n) is 2.38. The Bertz CT molecular complexity index is 472. The summed E-state index contributed by atoms with van der Waals surface area (Å²) in [5, 5.41) is 8.13. The van der Waals surface area contributed by atoms with Crippen molar-refractivity contribution in [2.45, 2.75) is 59.3 Å². The molecule has 0 aliphatic rings. The van der Waals surface area contributed by atoms with Crippen LogP contribution < -0.4 is 10.6 Å². The molecule has 120 valence electrons. The van der Waals surface area contributed by atoms with E-state index in [0.717, 1.165) is 11.3 Å². The molecular formula is C14H23F3N4. The van der Waals surface area contributed by atoms with Gasteiger partial charge in [-0.25, -0.2) is 0 Å². The number of alkyl halides is 3. The third kappa shape index (κ3) is 4.30. The third-order valence-electron chi connectivity index (χ3n) is 3.39. The lowest BCUT2D eigenvalue weighted by atomic mass is 10.0. The van der Waals surface area contributed by atoms with Gasteiger partial charge in [0.1, 0.15) is 6.54 Å². The molecule has 0 aromatic carbocycles. The minimum Gasteiger partial charge on any atom is -0.343 e. The average molecular weight is 304 g/mol. The molecule has 0 unspecified atom stereocenters. The number of nitrogens with zero attached hydrogens (tertiary/aromatic N) is 3. The van der Waals surface area contributed by atoms with Crippen molar-refractivity contribution < 1.29 is 13.2 Å². The highest BCUT2D eigenvalue weighted by Gasteiger charge is 2.34. The molecule has 0 radical (unpaired) electrons. The van der Waals surface area contributed by atoms with Crippen LogP contribution in [0.4, 0.5) is 19.0 Å². The van der Waals surface area contributed by atoms with Gasteiger partial charge < -0.3 is 10.6 Å². The molecule has 21 heavy (non-hydrogen) atoms. The lowest BCUT2D eigenvalue weighted by Gasteiger charge is -2.31. The van der Waals surface area contributed by atoms with Gasteiger partial charge in [-0.15, -0.1) is 5.10 Å². The van der Waals surface area contributed by atoms with Gasteiger partial charge in [0.05, 0.1) is 5.69 Å². The number of halogens is 3. The van der Waals surface area contributed by atoms with E-state index in [-0.39, 0.29) is 18.4 Å². The second-order valence-corrected chi connectivity index (χ2v) is 5.18. The summed E-state index contributed by atoms with van der Waals surface area (Å²) in [5.41, 5.74) is 8.16. The Labute approximate surface area is 123 Å². The minimum absolute atomic E-state index is 0.155. The monoisotopic (exact) mass is 304 g/mol. The van der Waals surface area contributed by atoms with Crippen LogP contribution in [-0.4, -0.2) is 29.0 Å². The van der Waals surface area contributed by atoms with Gasteiger partial charge in [-0.05, 0) is 32.3 Å². The lowest BCUT2D eigenvalue weighted by Crippen LogP contribution is -2.41. The fraction of sp³-hybridized carbons (Fsp3) is 0.714. The Morgan fingerprint density at radius 2 is 1.71 bits per heavy atom. The van der Waals surface area contributed by atoms with Gasteiger partial charge in [-0.2, -0.15) is 18.3 Å². The normalized spacial score (nSPS) is 12.0. The van der Waals surface area contributed by atoms with E-state index in [2.05, 4.69) is 10.2 Å². The number of aryl methyl sites for hydroxylation is 1. The maximum atomic E-state index is 12.8. The molecule has 0 spiro atoms. The van der Waals surface area contributed by atoms with Gasteiger partial charge in [0.25, 0.3) is 0 Å². The molecule has 2 N–H and O–H groups in total. The fourth-order valence-corrected chi connectivity index (χ4v) is 2.38. The molecular weight excluding hydrogens is 281 g/mol. The molecule has 1 heterocycles. The smallest absolute Gasteiger partial charge is 0.343 e. The summed E-state index contributed by atoms with van der Waals surface area (Å²) in [6.07, 6.45) is -2.94. The molecule has 0 aliphatic carbocycles. The van der Waals surface area contributed by atoms with Crippen LogP contribution in [0.25, 0.3) is 0 Å². The summed E-state index contributed by atoms with van der Waals surface area (Å²) in [7, 11) is 0. The number of hydrogen-bond donors (Lipinski definition) is 1. The largest absolute Gasteiger partial charge is 0.405 e. The predicted octanol–water partition coefficient (Wildman–Crippen LogP) is 2.84. The number of aromatic nitrogens is 2. The molecule has 0 saturated carbocycles. The Morgan fingerprint density at radius 1 is 1.10 bits per heavy atom. The zero-order valence-corrected chi connectivity index (χ0v) is 13.0. The Morgan fingerprint density at radius 3 is 2.10 bits per heavy atom. The molecule has 0 fully saturated rings. The topological polar surface area (TPSA) is 55.0 Å². The van der Waals surface area contributed by atoms with E-state index < -0.39 is 12.7 Å². The van der Waals surface area contributed by atoms with Crippen LogP contribution in [0, 0.1) is 0 Å². The molecule has 0 aliphatic heterocycles. The Hall–Kier alpha value is -1.37. The maximum absolute atomic E-state index is 12.8. The summed E-state index contributed by atoms with van der Waals surface area (Å²) in [5.74, 6) is 0.249. The molecule has 4 nitrogen and oxygen atoms in total. The van der Waals surface area contributed by atoms with Crippen LogP contribution in [0.1, 0.15) is 44.5 Å². The number of anilines is 1. The van der Waals surface area contributed by atoms with E-state index in [0.29, 0.717) is 18.4 Å². The maximum Gasteiger partial charge on any atom is 0.405 e. The van der Waals surface area contributed by atoms with E-state index in [1.54, 1.807) is 13.8 Å². The molecule has 0 bridgehead atoms. The van der Waals surface area contributed by atoms with E-state index in [4.69, 9.17) is 5.73 Å². The van der Waals surface area contributed by atoms with Gasteiger partial charge in [0, 0.05) is 18.2 Å². The van der Waals surface area contributed by atoms with Crippen molar-refractivity contribution in [2.24, 2.45) is 5.73 Å². The van der Waals surface area contributed by atoms with Crippen molar-refractivity contribution in [1.29, 1.82) is 0 Å². The first-order valence-corrected chi connectivity index (χ1v) is 7.15. The van der Waals surface area contributed by atoms with E-state index in [9.17, 15) is 13.2 Å². The summed E-state index contributed by atoms with van der Waals surface area (Å²) < 4.78 is 38.4. The summed E-state index contributed by atoms with van der Waals surface area (Å²) in [6, 6.07) is -0.344. The average Bonchev–Trinajstić information content (AvgIpc) is 2.41. The zero-order chi connectivity index (χ0) is 16.2. The zero-order valence-electron chi connectivity index (χ0n) is 13.0. The van der Waals surface area contributed by atoms with Crippen molar-refractivity contribution >= 4 is 5.82 Å². The van der Waals surface area contributed by atoms with Crippen LogP contribution >= 0.6 is 0 Å². The van der Waals surface area contributed by atoms with Crippen molar-refractivity contribution in [3.8, 4) is 0 Å². The van der Waals surface area contributed by atoms with Crippen molar-refractivity contribution in [3.63, 3.8) is 0 Å². The van der Waals surface area contributed by atoms with Gasteiger partial charge in [0.15, 0.2) is 5.82 Å². The van der Waals surface area contributed by atoms with E-state index in [1.165, 1.54) is 4.90 Å².